The molecule has 1 heterocycles. The highest BCUT2D eigenvalue weighted by atomic mass is 127. The first-order valence-electron chi connectivity index (χ1n) is 5.70. The summed E-state index contributed by atoms with van der Waals surface area (Å²) in [4.78, 5) is 22.8. The Morgan fingerprint density at radius 2 is 2.05 bits per heavy atom. The molecule has 2 atom stereocenters. The SMILES string of the molecule is O=C(Nc1ccccc1I)NC1COCC1C(=O)O. The van der Waals surface area contributed by atoms with Crippen molar-refractivity contribution in [2.75, 3.05) is 18.5 Å². The van der Waals surface area contributed by atoms with Crippen LogP contribution in [-0.4, -0.2) is 36.4 Å². The number of carbonyl (C=O) groups excluding carboxylic acids is 1. The Labute approximate surface area is 123 Å². The summed E-state index contributed by atoms with van der Waals surface area (Å²) in [6, 6.07) is 6.41. The lowest BCUT2D eigenvalue weighted by molar-refractivity contribution is -0.142. The Bertz CT molecular complexity index is 494. The molecule has 1 aromatic carbocycles. The number of hydrogen-bond acceptors (Lipinski definition) is 3. The van der Waals surface area contributed by atoms with Crippen LogP contribution in [0.2, 0.25) is 0 Å². The third-order valence-electron chi connectivity index (χ3n) is 2.84. The molecule has 0 spiro atoms. The van der Waals surface area contributed by atoms with Gasteiger partial charge in [-0.05, 0) is 34.7 Å². The van der Waals surface area contributed by atoms with Crippen molar-refractivity contribution in [1.29, 1.82) is 0 Å². The van der Waals surface area contributed by atoms with Crippen LogP contribution in [0.3, 0.4) is 0 Å². The fourth-order valence-electron chi connectivity index (χ4n) is 1.83. The van der Waals surface area contributed by atoms with Crippen molar-refractivity contribution in [3.8, 4) is 0 Å². The molecule has 0 radical (unpaired) electrons. The van der Waals surface area contributed by atoms with E-state index < -0.39 is 24.0 Å². The van der Waals surface area contributed by atoms with Crippen molar-refractivity contribution in [3.05, 3.63) is 27.8 Å². The second kappa shape index (κ2) is 6.20. The Kier molecular flexibility index (Phi) is 4.59. The van der Waals surface area contributed by atoms with Crippen molar-refractivity contribution in [3.63, 3.8) is 0 Å². The molecule has 1 saturated heterocycles. The number of aliphatic carboxylic acids is 1. The molecule has 3 N–H and O–H groups in total. The molecule has 102 valence electrons. The van der Waals surface area contributed by atoms with E-state index in [0.29, 0.717) is 5.69 Å². The van der Waals surface area contributed by atoms with E-state index in [4.69, 9.17) is 9.84 Å². The molecule has 6 nitrogen and oxygen atoms in total. The van der Waals surface area contributed by atoms with Crippen molar-refractivity contribution < 1.29 is 19.4 Å². The zero-order valence-electron chi connectivity index (χ0n) is 9.93. The largest absolute Gasteiger partial charge is 0.481 e. The van der Waals surface area contributed by atoms with Gasteiger partial charge in [-0.2, -0.15) is 0 Å². The number of para-hydroxylation sites is 1. The highest BCUT2D eigenvalue weighted by Gasteiger charge is 2.35. The summed E-state index contributed by atoms with van der Waals surface area (Å²) in [6.07, 6.45) is 0. The van der Waals surface area contributed by atoms with Gasteiger partial charge >= 0.3 is 12.0 Å². The van der Waals surface area contributed by atoms with Crippen LogP contribution in [-0.2, 0) is 9.53 Å². The molecule has 0 saturated carbocycles. The lowest BCUT2D eigenvalue weighted by atomic mass is 10.0. The van der Waals surface area contributed by atoms with Crippen LogP contribution >= 0.6 is 22.6 Å². The second-order valence-corrected chi connectivity index (χ2v) is 5.33. The van der Waals surface area contributed by atoms with Crippen molar-refractivity contribution in [2.24, 2.45) is 5.92 Å². The lowest BCUT2D eigenvalue weighted by Gasteiger charge is -2.16. The Hall–Kier alpha value is -1.35. The second-order valence-electron chi connectivity index (χ2n) is 4.17. The fourth-order valence-corrected chi connectivity index (χ4v) is 2.35. The molecule has 2 amide bonds. The average molecular weight is 376 g/mol. The number of nitrogens with one attached hydrogen (secondary N) is 2. The smallest absolute Gasteiger partial charge is 0.319 e. The van der Waals surface area contributed by atoms with E-state index >= 15 is 0 Å². The molecule has 1 aliphatic heterocycles. The van der Waals surface area contributed by atoms with Crippen molar-refractivity contribution in [1.82, 2.24) is 5.32 Å². The third-order valence-corrected chi connectivity index (χ3v) is 3.78. The molecule has 0 aliphatic carbocycles. The molecular formula is C12H13IN2O4. The van der Waals surface area contributed by atoms with Crippen molar-refractivity contribution >= 4 is 40.3 Å². The highest BCUT2D eigenvalue weighted by Crippen LogP contribution is 2.18. The lowest BCUT2D eigenvalue weighted by Crippen LogP contribution is -2.44. The standard InChI is InChI=1S/C12H13IN2O4/c13-8-3-1-2-4-9(8)14-12(18)15-10-6-19-5-7(10)11(16)17/h1-4,7,10H,5-6H2,(H,16,17)(H2,14,15,18). The first-order chi connectivity index (χ1) is 9.08. The number of halogens is 1. The Balaban J connectivity index is 1.95. The molecule has 1 aromatic rings. The average Bonchev–Trinajstić information content (AvgIpc) is 2.80. The molecule has 19 heavy (non-hydrogen) atoms. The number of ether oxygens (including phenoxy) is 1. The van der Waals surface area contributed by atoms with Crippen LogP contribution in [0.25, 0.3) is 0 Å². The Morgan fingerprint density at radius 1 is 1.32 bits per heavy atom. The number of urea groups is 1. The normalized spacial score (nSPS) is 21.9. The molecule has 1 aliphatic rings. The van der Waals surface area contributed by atoms with Crippen LogP contribution in [0.1, 0.15) is 0 Å². The van der Waals surface area contributed by atoms with Gasteiger partial charge in [0.25, 0.3) is 0 Å². The minimum Gasteiger partial charge on any atom is -0.481 e. The summed E-state index contributed by atoms with van der Waals surface area (Å²) in [5.74, 6) is -1.65. The van der Waals surface area contributed by atoms with E-state index in [0.717, 1.165) is 3.57 Å². The van der Waals surface area contributed by atoms with Gasteiger partial charge < -0.3 is 20.5 Å². The summed E-state index contributed by atoms with van der Waals surface area (Å²) in [6.45, 7) is 0.347. The summed E-state index contributed by atoms with van der Waals surface area (Å²) in [5, 5.41) is 14.3. The highest BCUT2D eigenvalue weighted by molar-refractivity contribution is 14.1. The maximum Gasteiger partial charge on any atom is 0.319 e. The first kappa shape index (κ1) is 14.1. The van der Waals surface area contributed by atoms with Crippen molar-refractivity contribution in [2.45, 2.75) is 6.04 Å². The minimum absolute atomic E-state index is 0.128. The molecule has 2 rings (SSSR count). The zero-order valence-corrected chi connectivity index (χ0v) is 12.1. The van der Waals surface area contributed by atoms with Gasteiger partial charge in [-0.3, -0.25) is 4.79 Å². The van der Waals surface area contributed by atoms with E-state index in [9.17, 15) is 9.59 Å². The number of anilines is 1. The van der Waals surface area contributed by atoms with Gasteiger partial charge in [-0.1, -0.05) is 12.1 Å². The number of rotatable bonds is 3. The predicted octanol–water partition coefficient (Wildman–Crippen LogP) is 1.51. The van der Waals surface area contributed by atoms with Gasteiger partial charge in [0.2, 0.25) is 0 Å². The fraction of sp³-hybridized carbons (Fsp3) is 0.333. The van der Waals surface area contributed by atoms with Gasteiger partial charge in [0.15, 0.2) is 0 Å². The molecule has 7 heteroatoms. The summed E-state index contributed by atoms with van der Waals surface area (Å²) >= 11 is 2.11. The molecule has 2 unspecified atom stereocenters. The number of carbonyl (C=O) groups is 2. The van der Waals surface area contributed by atoms with E-state index in [-0.39, 0.29) is 13.2 Å². The van der Waals surface area contributed by atoms with Gasteiger partial charge in [0, 0.05) is 3.57 Å². The summed E-state index contributed by atoms with van der Waals surface area (Å²) in [7, 11) is 0. The number of amides is 2. The Morgan fingerprint density at radius 3 is 2.74 bits per heavy atom. The van der Waals surface area contributed by atoms with Crippen LogP contribution in [0.4, 0.5) is 10.5 Å². The van der Waals surface area contributed by atoms with E-state index in [1.54, 1.807) is 6.07 Å². The minimum atomic E-state index is -0.961. The van der Waals surface area contributed by atoms with Gasteiger partial charge in [0.1, 0.15) is 5.92 Å². The summed E-state index contributed by atoms with van der Waals surface area (Å²) in [5.41, 5.74) is 0.686. The molecular weight excluding hydrogens is 363 g/mol. The van der Waals surface area contributed by atoms with Gasteiger partial charge in [-0.15, -0.1) is 0 Å². The van der Waals surface area contributed by atoms with E-state index in [2.05, 4.69) is 33.2 Å². The van der Waals surface area contributed by atoms with Crippen LogP contribution in [0.5, 0.6) is 0 Å². The van der Waals surface area contributed by atoms with E-state index in [1.165, 1.54) is 0 Å². The van der Waals surface area contributed by atoms with Gasteiger partial charge in [0.05, 0.1) is 24.9 Å². The molecule has 0 aromatic heterocycles. The maximum atomic E-state index is 11.8. The quantitative estimate of drug-likeness (QED) is 0.698. The van der Waals surface area contributed by atoms with E-state index in [1.807, 2.05) is 18.2 Å². The third kappa shape index (κ3) is 3.57. The maximum absolute atomic E-state index is 11.8. The van der Waals surface area contributed by atoms with Crippen LogP contribution in [0, 0.1) is 9.49 Å². The van der Waals surface area contributed by atoms with Gasteiger partial charge in [-0.25, -0.2) is 4.79 Å². The summed E-state index contributed by atoms with van der Waals surface area (Å²) < 4.78 is 5.99. The molecule has 1 fully saturated rings. The zero-order chi connectivity index (χ0) is 13.8. The number of carboxylic acid groups (broad SMARTS) is 1. The molecule has 0 bridgehead atoms. The number of benzene rings is 1. The predicted molar refractivity (Wildman–Crippen MR) is 77.0 cm³/mol. The topological polar surface area (TPSA) is 87.7 Å². The van der Waals surface area contributed by atoms with Crippen LogP contribution < -0.4 is 10.6 Å². The number of carboxylic acids is 1. The first-order valence-corrected chi connectivity index (χ1v) is 6.78. The van der Waals surface area contributed by atoms with Crippen LogP contribution in [0.15, 0.2) is 24.3 Å². The number of hydrogen-bond donors (Lipinski definition) is 3. The monoisotopic (exact) mass is 376 g/mol.